The van der Waals surface area contributed by atoms with Gasteiger partial charge in [-0.25, -0.2) is 13.2 Å². The summed E-state index contributed by atoms with van der Waals surface area (Å²) in [7, 11) is -3.87. The van der Waals surface area contributed by atoms with Gasteiger partial charge in [0, 0.05) is 14.7 Å². The van der Waals surface area contributed by atoms with E-state index in [9.17, 15) is 18.0 Å². The number of anilines is 1. The number of esters is 1. The summed E-state index contributed by atoms with van der Waals surface area (Å²) in [5.41, 5.74) is 0.223. The van der Waals surface area contributed by atoms with E-state index in [4.69, 9.17) is 4.74 Å². The summed E-state index contributed by atoms with van der Waals surface area (Å²) >= 11 is 2.14. The number of nitrogens with one attached hydrogen (secondary N) is 1. The van der Waals surface area contributed by atoms with Crippen LogP contribution in [0.25, 0.3) is 0 Å². The number of ketones is 1. The number of Topliss-reactive ketones (excluding diaryl/α,β-unsaturated/α-hetero) is 1. The standard InChI is InChI=1S/C25H26INO5S/c26-20-4-6-21(7-5-20)27-33(30,31)22-3-1-2-19(11-22)24(29)32-15-23(28)25-12-16-8-17(13-25)10-18(9-16)14-25/h1-7,11,16-18,27H,8-10,12-15H2. The number of carbonyl (C=O) groups is 2. The molecule has 0 heterocycles. The quantitative estimate of drug-likeness (QED) is 0.367. The van der Waals surface area contributed by atoms with Crippen molar-refractivity contribution < 1.29 is 22.7 Å². The van der Waals surface area contributed by atoms with E-state index in [1.54, 1.807) is 24.3 Å². The van der Waals surface area contributed by atoms with Gasteiger partial charge in [0.25, 0.3) is 10.0 Å². The van der Waals surface area contributed by atoms with Crippen molar-refractivity contribution in [1.82, 2.24) is 0 Å². The van der Waals surface area contributed by atoms with Gasteiger partial charge in [-0.1, -0.05) is 6.07 Å². The highest BCUT2D eigenvalue weighted by molar-refractivity contribution is 14.1. The van der Waals surface area contributed by atoms with Crippen molar-refractivity contribution in [2.45, 2.75) is 43.4 Å². The first-order chi connectivity index (χ1) is 15.7. The third kappa shape index (κ3) is 4.69. The second kappa shape index (κ2) is 8.69. The molecule has 0 atom stereocenters. The van der Waals surface area contributed by atoms with Gasteiger partial charge >= 0.3 is 5.97 Å². The first kappa shape index (κ1) is 22.8. The zero-order chi connectivity index (χ0) is 23.2. The van der Waals surface area contributed by atoms with Crippen LogP contribution in [0.1, 0.15) is 48.9 Å². The minimum Gasteiger partial charge on any atom is -0.454 e. The Morgan fingerprint density at radius 2 is 1.58 bits per heavy atom. The molecule has 2 aromatic rings. The van der Waals surface area contributed by atoms with Crippen molar-refractivity contribution in [3.8, 4) is 0 Å². The van der Waals surface area contributed by atoms with Crippen molar-refractivity contribution in [2.75, 3.05) is 11.3 Å². The molecule has 0 amide bonds. The van der Waals surface area contributed by atoms with Gasteiger partial charge in [0.2, 0.25) is 0 Å². The fourth-order valence-electron chi connectivity index (χ4n) is 6.34. The second-order valence-corrected chi connectivity index (χ2v) is 12.8. The van der Waals surface area contributed by atoms with E-state index in [2.05, 4.69) is 27.3 Å². The Labute approximate surface area is 207 Å². The van der Waals surface area contributed by atoms with Gasteiger partial charge in [-0.05, 0) is 121 Å². The maximum absolute atomic E-state index is 13.1. The number of benzene rings is 2. The van der Waals surface area contributed by atoms with Crippen LogP contribution >= 0.6 is 22.6 Å². The van der Waals surface area contributed by atoms with Gasteiger partial charge in [0.05, 0.1) is 10.5 Å². The molecule has 0 radical (unpaired) electrons. The molecule has 0 spiro atoms. The van der Waals surface area contributed by atoms with Gasteiger partial charge in [0.1, 0.15) is 0 Å². The largest absolute Gasteiger partial charge is 0.454 e. The molecule has 0 aliphatic heterocycles. The number of carbonyl (C=O) groups excluding carboxylic acids is 2. The molecular weight excluding hydrogens is 553 g/mol. The molecule has 0 unspecified atom stereocenters. The first-order valence-corrected chi connectivity index (χ1v) is 13.9. The monoisotopic (exact) mass is 579 g/mol. The topological polar surface area (TPSA) is 89.5 Å². The van der Waals surface area contributed by atoms with Gasteiger partial charge in [0.15, 0.2) is 12.4 Å². The summed E-state index contributed by atoms with van der Waals surface area (Å²) in [5, 5.41) is 0. The predicted molar refractivity (Wildman–Crippen MR) is 132 cm³/mol. The van der Waals surface area contributed by atoms with Gasteiger partial charge in [-0.2, -0.15) is 0 Å². The van der Waals surface area contributed by atoms with Crippen molar-refractivity contribution in [3.05, 3.63) is 57.7 Å². The van der Waals surface area contributed by atoms with Gasteiger partial charge in [-0.15, -0.1) is 0 Å². The van der Waals surface area contributed by atoms with E-state index in [0.717, 1.165) is 22.8 Å². The molecule has 1 N–H and O–H groups in total. The minimum absolute atomic E-state index is 0.0269. The van der Waals surface area contributed by atoms with Crippen LogP contribution in [-0.2, 0) is 19.6 Å². The predicted octanol–water partition coefficient (Wildman–Crippen LogP) is 5.03. The van der Waals surface area contributed by atoms with Crippen LogP contribution in [0.15, 0.2) is 53.4 Å². The Morgan fingerprint density at radius 3 is 2.18 bits per heavy atom. The highest BCUT2D eigenvalue weighted by Crippen LogP contribution is 2.60. The molecule has 0 aromatic heterocycles. The minimum atomic E-state index is -3.87. The Kier molecular flexibility index (Phi) is 6.01. The van der Waals surface area contributed by atoms with Crippen molar-refractivity contribution in [1.29, 1.82) is 0 Å². The third-order valence-electron chi connectivity index (χ3n) is 7.44. The smallest absolute Gasteiger partial charge is 0.338 e. The molecule has 174 valence electrons. The molecule has 4 fully saturated rings. The third-order valence-corrected chi connectivity index (χ3v) is 9.54. The van der Waals surface area contributed by atoms with Crippen molar-refractivity contribution >= 4 is 50.1 Å². The molecule has 0 saturated heterocycles. The molecule has 6 nitrogen and oxygen atoms in total. The number of hydrogen-bond donors (Lipinski definition) is 1. The Bertz CT molecular complexity index is 1160. The van der Waals surface area contributed by atoms with Crippen LogP contribution in [0.5, 0.6) is 0 Å². The molecule has 33 heavy (non-hydrogen) atoms. The number of rotatable bonds is 7. The summed E-state index contributed by atoms with van der Waals surface area (Å²) < 4.78 is 34.4. The molecule has 4 saturated carbocycles. The lowest BCUT2D eigenvalue weighted by Gasteiger charge is -2.55. The maximum Gasteiger partial charge on any atom is 0.338 e. The molecular formula is C25H26INO5S. The Balaban J connectivity index is 1.25. The van der Waals surface area contributed by atoms with Crippen LogP contribution < -0.4 is 4.72 Å². The normalized spacial score (nSPS) is 27.8. The van der Waals surface area contributed by atoms with E-state index in [0.29, 0.717) is 23.4 Å². The van der Waals surface area contributed by atoms with E-state index in [1.807, 2.05) is 0 Å². The average molecular weight is 579 g/mol. The summed E-state index contributed by atoms with van der Waals surface area (Å²) in [6.45, 7) is -0.247. The fourth-order valence-corrected chi connectivity index (χ4v) is 7.81. The SMILES string of the molecule is O=C(OCC(=O)C12CC3CC(CC(C3)C1)C2)c1cccc(S(=O)(=O)Nc2ccc(I)cc2)c1. The number of ether oxygens (including phenoxy) is 1. The van der Waals surface area contributed by atoms with Crippen molar-refractivity contribution in [3.63, 3.8) is 0 Å². The zero-order valence-corrected chi connectivity index (χ0v) is 21.1. The Hall–Kier alpha value is -1.94. The number of halogens is 1. The summed E-state index contributed by atoms with van der Waals surface area (Å²) in [4.78, 5) is 25.7. The molecule has 4 aliphatic rings. The number of sulfonamides is 1. The molecule has 6 rings (SSSR count). The molecule has 4 bridgehead atoms. The molecule has 4 aliphatic carbocycles. The van der Waals surface area contributed by atoms with E-state index in [-0.39, 0.29) is 28.3 Å². The van der Waals surface area contributed by atoms with Crippen LogP contribution in [0.4, 0.5) is 5.69 Å². The maximum atomic E-state index is 13.1. The van der Waals surface area contributed by atoms with Crippen LogP contribution in [0.2, 0.25) is 0 Å². The zero-order valence-electron chi connectivity index (χ0n) is 18.1. The van der Waals surface area contributed by atoms with E-state index in [1.165, 1.54) is 43.5 Å². The lowest BCUT2D eigenvalue weighted by molar-refractivity contribution is -0.147. The van der Waals surface area contributed by atoms with Crippen molar-refractivity contribution in [2.24, 2.45) is 23.2 Å². The average Bonchev–Trinajstić information content (AvgIpc) is 2.78. The van der Waals surface area contributed by atoms with Crippen LogP contribution in [0, 0.1) is 26.7 Å². The lowest BCUT2D eigenvalue weighted by Crippen LogP contribution is -2.51. The summed E-state index contributed by atoms with van der Waals surface area (Å²) in [5.74, 6) is 1.26. The van der Waals surface area contributed by atoms with Gasteiger partial charge in [-0.3, -0.25) is 9.52 Å². The van der Waals surface area contributed by atoms with E-state index >= 15 is 0 Å². The lowest BCUT2D eigenvalue weighted by atomic mass is 9.48. The summed E-state index contributed by atoms with van der Waals surface area (Å²) in [6.07, 6.45) is 6.49. The highest BCUT2D eigenvalue weighted by Gasteiger charge is 2.54. The van der Waals surface area contributed by atoms with E-state index < -0.39 is 16.0 Å². The first-order valence-electron chi connectivity index (χ1n) is 11.3. The highest BCUT2D eigenvalue weighted by atomic mass is 127. The fraction of sp³-hybridized carbons (Fsp3) is 0.440. The molecule has 2 aromatic carbocycles. The number of hydrogen-bond acceptors (Lipinski definition) is 5. The Morgan fingerprint density at radius 1 is 0.970 bits per heavy atom. The van der Waals surface area contributed by atoms with Crippen LogP contribution in [0.3, 0.4) is 0 Å². The van der Waals surface area contributed by atoms with Crippen LogP contribution in [-0.4, -0.2) is 26.8 Å². The van der Waals surface area contributed by atoms with Gasteiger partial charge < -0.3 is 4.74 Å². The summed E-state index contributed by atoms with van der Waals surface area (Å²) in [6, 6.07) is 12.7. The molecule has 8 heteroatoms. The second-order valence-electron chi connectivity index (χ2n) is 9.84.